The molecule has 0 spiro atoms. The summed E-state index contributed by atoms with van der Waals surface area (Å²) in [5.74, 6) is 1.41. The number of aryl methyl sites for hydroxylation is 1. The van der Waals surface area contributed by atoms with Gasteiger partial charge in [0.2, 0.25) is 11.8 Å². The highest BCUT2D eigenvalue weighted by molar-refractivity contribution is 6.31. The number of halogens is 1. The molecule has 3 rings (SSSR count). The molecule has 5 nitrogen and oxygen atoms in total. The van der Waals surface area contributed by atoms with Gasteiger partial charge in [-0.15, -0.1) is 0 Å². The van der Waals surface area contributed by atoms with Crippen molar-refractivity contribution in [1.82, 2.24) is 9.80 Å². The first-order valence-corrected chi connectivity index (χ1v) is 9.81. The van der Waals surface area contributed by atoms with E-state index >= 15 is 0 Å². The third-order valence-corrected chi connectivity index (χ3v) is 5.42. The number of carbonyl (C=O) groups is 2. The molecule has 2 aromatic rings. The average molecular weight is 401 g/mol. The summed E-state index contributed by atoms with van der Waals surface area (Å²) in [7, 11) is 1.76. The zero-order valence-electron chi connectivity index (χ0n) is 16.4. The number of hydrogen-bond acceptors (Lipinski definition) is 3. The highest BCUT2D eigenvalue weighted by atomic mass is 35.5. The van der Waals surface area contributed by atoms with Crippen molar-refractivity contribution in [2.24, 2.45) is 5.92 Å². The fraction of sp³-hybridized carbons (Fsp3) is 0.364. The van der Waals surface area contributed by atoms with E-state index in [2.05, 4.69) is 6.92 Å². The molecule has 6 heteroatoms. The van der Waals surface area contributed by atoms with Crippen molar-refractivity contribution in [3.63, 3.8) is 0 Å². The Labute approximate surface area is 170 Å². The van der Waals surface area contributed by atoms with Crippen LogP contribution < -0.4 is 4.74 Å². The summed E-state index contributed by atoms with van der Waals surface area (Å²) in [4.78, 5) is 27.1. The minimum absolute atomic E-state index is 0.00924. The Hall–Kier alpha value is -2.53. The number of nitrogens with zero attached hydrogens (tertiary/aromatic N) is 2. The molecule has 0 bridgehead atoms. The molecule has 1 heterocycles. The van der Waals surface area contributed by atoms with Crippen LogP contribution in [-0.2, 0) is 22.6 Å². The number of ether oxygens (including phenoxy) is 1. The third-order valence-electron chi connectivity index (χ3n) is 5.07. The van der Waals surface area contributed by atoms with Crippen LogP contribution in [0.15, 0.2) is 42.5 Å². The second-order valence-electron chi connectivity index (χ2n) is 7.13. The fourth-order valence-corrected chi connectivity index (χ4v) is 3.51. The third kappa shape index (κ3) is 4.47. The van der Waals surface area contributed by atoms with Gasteiger partial charge in [-0.25, -0.2) is 0 Å². The Bertz CT molecular complexity index is 878. The topological polar surface area (TPSA) is 49.9 Å². The summed E-state index contributed by atoms with van der Waals surface area (Å²) in [5, 5.41) is 0.560. The maximum atomic E-state index is 12.5. The molecular formula is C22H25ClN2O3. The molecule has 0 saturated carbocycles. The zero-order chi connectivity index (χ0) is 20.3. The van der Waals surface area contributed by atoms with Gasteiger partial charge in [0, 0.05) is 38.6 Å². The summed E-state index contributed by atoms with van der Waals surface area (Å²) in [6.07, 6.45) is 0.886. The number of amides is 2. The van der Waals surface area contributed by atoms with Crippen molar-refractivity contribution in [3.8, 4) is 11.5 Å². The van der Waals surface area contributed by atoms with Crippen LogP contribution in [0, 0.1) is 5.92 Å². The highest BCUT2D eigenvalue weighted by Gasteiger charge is 2.35. The van der Waals surface area contributed by atoms with Gasteiger partial charge in [0.05, 0.1) is 5.92 Å². The van der Waals surface area contributed by atoms with E-state index < -0.39 is 0 Å². The van der Waals surface area contributed by atoms with E-state index in [0.717, 1.165) is 23.3 Å². The van der Waals surface area contributed by atoms with E-state index in [1.54, 1.807) is 22.9 Å². The highest BCUT2D eigenvalue weighted by Crippen LogP contribution is 2.30. The number of para-hydroxylation sites is 1. The van der Waals surface area contributed by atoms with E-state index in [4.69, 9.17) is 16.3 Å². The number of benzene rings is 2. The number of rotatable bonds is 6. The second kappa shape index (κ2) is 8.65. The lowest BCUT2D eigenvalue weighted by Crippen LogP contribution is -2.55. The molecule has 1 fully saturated rings. The Balaban J connectivity index is 1.62. The van der Waals surface area contributed by atoms with Gasteiger partial charge >= 0.3 is 0 Å². The molecule has 1 saturated heterocycles. The minimum Gasteiger partial charge on any atom is -0.457 e. The van der Waals surface area contributed by atoms with Gasteiger partial charge in [-0.3, -0.25) is 9.59 Å². The second-order valence-corrected chi connectivity index (χ2v) is 7.54. The van der Waals surface area contributed by atoms with Crippen molar-refractivity contribution in [2.75, 3.05) is 20.1 Å². The number of hydrogen-bond donors (Lipinski definition) is 0. The van der Waals surface area contributed by atoms with Crippen LogP contribution in [0.2, 0.25) is 5.02 Å². The van der Waals surface area contributed by atoms with Crippen molar-refractivity contribution < 1.29 is 14.3 Å². The lowest BCUT2D eigenvalue weighted by Gasteiger charge is -2.39. The summed E-state index contributed by atoms with van der Waals surface area (Å²) in [6, 6.07) is 13.5. The molecule has 1 aliphatic rings. The van der Waals surface area contributed by atoms with Gasteiger partial charge in [0.15, 0.2) is 0 Å². The monoisotopic (exact) mass is 400 g/mol. The molecular weight excluding hydrogens is 376 g/mol. The lowest BCUT2D eigenvalue weighted by atomic mass is 9.98. The predicted molar refractivity (Wildman–Crippen MR) is 110 cm³/mol. The molecule has 2 aromatic carbocycles. The standard InChI is InChI=1S/C22H25ClN2O3/c1-4-16-7-5-6-8-21(16)28-19-10-9-17(20(23)11-19)12-24(3)22(27)18-13-25(14-18)15(2)26/h5-11,18H,4,12-14H2,1-3H3. The Morgan fingerprint density at radius 1 is 1.18 bits per heavy atom. The Morgan fingerprint density at radius 3 is 2.54 bits per heavy atom. The summed E-state index contributed by atoms with van der Waals surface area (Å²) in [6.45, 7) is 5.02. The summed E-state index contributed by atoms with van der Waals surface area (Å²) in [5.41, 5.74) is 1.99. The molecule has 148 valence electrons. The molecule has 0 atom stereocenters. The van der Waals surface area contributed by atoms with Gasteiger partial charge in [-0.1, -0.05) is 42.8 Å². The van der Waals surface area contributed by atoms with Crippen LogP contribution in [0.4, 0.5) is 0 Å². The van der Waals surface area contributed by atoms with Crippen LogP contribution in [0.3, 0.4) is 0 Å². The van der Waals surface area contributed by atoms with E-state index in [9.17, 15) is 9.59 Å². The first-order chi connectivity index (χ1) is 13.4. The molecule has 0 N–H and O–H groups in total. The van der Waals surface area contributed by atoms with E-state index in [0.29, 0.717) is 30.4 Å². The van der Waals surface area contributed by atoms with Gasteiger partial charge < -0.3 is 14.5 Å². The molecule has 1 aliphatic heterocycles. The zero-order valence-corrected chi connectivity index (χ0v) is 17.2. The first-order valence-electron chi connectivity index (χ1n) is 9.43. The van der Waals surface area contributed by atoms with Crippen LogP contribution in [0.25, 0.3) is 0 Å². The van der Waals surface area contributed by atoms with Gasteiger partial charge in [0.25, 0.3) is 0 Å². The molecule has 0 unspecified atom stereocenters. The van der Waals surface area contributed by atoms with Crippen LogP contribution >= 0.6 is 11.6 Å². The molecule has 0 aliphatic carbocycles. The van der Waals surface area contributed by atoms with Crippen LogP contribution in [0.1, 0.15) is 25.0 Å². The molecule has 0 aromatic heterocycles. The lowest BCUT2D eigenvalue weighted by molar-refractivity contribution is -0.146. The van der Waals surface area contributed by atoms with E-state index in [-0.39, 0.29) is 17.7 Å². The van der Waals surface area contributed by atoms with Gasteiger partial charge in [-0.05, 0) is 35.7 Å². The number of carbonyl (C=O) groups excluding carboxylic acids is 2. The quantitative estimate of drug-likeness (QED) is 0.732. The maximum Gasteiger partial charge on any atom is 0.229 e. The average Bonchev–Trinajstić information content (AvgIpc) is 2.62. The fourth-order valence-electron chi connectivity index (χ4n) is 3.28. The summed E-state index contributed by atoms with van der Waals surface area (Å²) >= 11 is 6.44. The largest absolute Gasteiger partial charge is 0.457 e. The van der Waals surface area contributed by atoms with Crippen molar-refractivity contribution in [3.05, 3.63) is 58.6 Å². The summed E-state index contributed by atoms with van der Waals surface area (Å²) < 4.78 is 5.99. The van der Waals surface area contributed by atoms with E-state index in [1.807, 2.05) is 36.4 Å². The van der Waals surface area contributed by atoms with Crippen LogP contribution in [0.5, 0.6) is 11.5 Å². The number of likely N-dealkylation sites (tertiary alicyclic amines) is 1. The van der Waals surface area contributed by atoms with E-state index in [1.165, 1.54) is 6.92 Å². The molecule has 2 amide bonds. The Morgan fingerprint density at radius 2 is 1.89 bits per heavy atom. The molecule has 0 radical (unpaired) electrons. The SMILES string of the molecule is CCc1ccccc1Oc1ccc(CN(C)C(=O)C2CN(C(C)=O)C2)c(Cl)c1. The smallest absolute Gasteiger partial charge is 0.229 e. The minimum atomic E-state index is -0.124. The normalized spacial score (nSPS) is 13.8. The maximum absolute atomic E-state index is 12.5. The predicted octanol–water partition coefficient (Wildman–Crippen LogP) is 4.13. The first kappa shape index (κ1) is 20.2. The van der Waals surface area contributed by atoms with Crippen molar-refractivity contribution >= 4 is 23.4 Å². The van der Waals surface area contributed by atoms with Crippen molar-refractivity contribution in [1.29, 1.82) is 0 Å². The van der Waals surface area contributed by atoms with Crippen LogP contribution in [-0.4, -0.2) is 41.8 Å². The Kier molecular flexibility index (Phi) is 6.25. The van der Waals surface area contributed by atoms with Crippen molar-refractivity contribution in [2.45, 2.75) is 26.8 Å². The van der Waals surface area contributed by atoms with Gasteiger partial charge in [0.1, 0.15) is 11.5 Å². The molecule has 28 heavy (non-hydrogen) atoms. The van der Waals surface area contributed by atoms with Gasteiger partial charge in [-0.2, -0.15) is 0 Å².